The molecule has 1 fully saturated rings. The highest BCUT2D eigenvalue weighted by Gasteiger charge is 2.51. The minimum absolute atomic E-state index is 0.0242. The van der Waals surface area contributed by atoms with Crippen LogP contribution in [0.5, 0.6) is 0 Å². The summed E-state index contributed by atoms with van der Waals surface area (Å²) < 4.78 is 15.0. The molecule has 0 spiro atoms. The molecule has 0 radical (unpaired) electrons. The van der Waals surface area contributed by atoms with Crippen molar-refractivity contribution in [2.75, 3.05) is 26.8 Å². The molecule has 0 N–H and O–H groups in total. The molecule has 26 heavy (non-hydrogen) atoms. The van der Waals surface area contributed by atoms with Gasteiger partial charge in [-0.3, -0.25) is 14.4 Å². The van der Waals surface area contributed by atoms with Gasteiger partial charge >= 0.3 is 18.0 Å². The lowest BCUT2D eigenvalue weighted by atomic mass is 9.75. The van der Waals surface area contributed by atoms with Crippen LogP contribution in [0.4, 0.5) is 4.79 Å². The molecule has 146 valence electrons. The highest BCUT2D eigenvalue weighted by molar-refractivity contribution is 6.05. The van der Waals surface area contributed by atoms with Gasteiger partial charge in [-0.1, -0.05) is 12.7 Å². The van der Waals surface area contributed by atoms with Crippen molar-refractivity contribution in [3.63, 3.8) is 0 Å². The zero-order valence-electron chi connectivity index (χ0n) is 15.8. The van der Waals surface area contributed by atoms with Gasteiger partial charge in [0.15, 0.2) is 5.78 Å². The van der Waals surface area contributed by atoms with E-state index in [4.69, 9.17) is 9.47 Å². The van der Waals surface area contributed by atoms with E-state index in [1.165, 1.54) is 18.1 Å². The average Bonchev–Trinajstić information content (AvgIpc) is 2.57. The van der Waals surface area contributed by atoms with Crippen LogP contribution in [0, 0.1) is 5.41 Å². The number of ether oxygens (including phenoxy) is 3. The maximum atomic E-state index is 12.6. The van der Waals surface area contributed by atoms with Crippen LogP contribution >= 0.6 is 0 Å². The Labute approximate surface area is 153 Å². The van der Waals surface area contributed by atoms with Gasteiger partial charge in [0.1, 0.15) is 17.6 Å². The number of hydrogen-bond acceptors (Lipinski definition) is 7. The predicted octanol–water partition coefficient (Wildman–Crippen LogP) is 1.87. The number of rotatable bonds is 6. The zero-order chi connectivity index (χ0) is 20.0. The summed E-state index contributed by atoms with van der Waals surface area (Å²) in [5.74, 6) is -1.70. The van der Waals surface area contributed by atoms with E-state index in [2.05, 4.69) is 11.3 Å². The highest BCUT2D eigenvalue weighted by Crippen LogP contribution is 2.34. The second-order valence-electron chi connectivity index (χ2n) is 7.12. The van der Waals surface area contributed by atoms with E-state index in [0.29, 0.717) is 0 Å². The van der Waals surface area contributed by atoms with Gasteiger partial charge in [0.2, 0.25) is 0 Å². The van der Waals surface area contributed by atoms with Crippen LogP contribution in [-0.4, -0.2) is 61.1 Å². The molecule has 1 rings (SSSR count). The van der Waals surface area contributed by atoms with E-state index < -0.39 is 29.0 Å². The van der Waals surface area contributed by atoms with Crippen molar-refractivity contribution in [1.82, 2.24) is 4.90 Å². The second-order valence-corrected chi connectivity index (χ2v) is 7.12. The first-order valence-electron chi connectivity index (χ1n) is 8.42. The standard InChI is InChI=1S/C18H27NO7/c1-6-11-25-15(22)18(9-7-14(21)24-5)12-19(10-8-13(18)20)16(23)26-17(2,3)4/h6H,1,7-12H2,2-5H3. The molecule has 0 saturated carbocycles. The third-order valence-corrected chi connectivity index (χ3v) is 3.96. The summed E-state index contributed by atoms with van der Waals surface area (Å²) in [6.07, 6.45) is 0.486. The topological polar surface area (TPSA) is 99.2 Å². The summed E-state index contributed by atoms with van der Waals surface area (Å²) >= 11 is 0. The van der Waals surface area contributed by atoms with Crippen molar-refractivity contribution < 1.29 is 33.4 Å². The number of ketones is 1. The Kier molecular flexibility index (Phi) is 7.35. The number of likely N-dealkylation sites (tertiary alicyclic amines) is 1. The van der Waals surface area contributed by atoms with Crippen molar-refractivity contribution >= 4 is 23.8 Å². The molecule has 0 aromatic rings. The van der Waals surface area contributed by atoms with Crippen LogP contribution in [0.15, 0.2) is 12.7 Å². The Balaban J connectivity index is 3.07. The van der Waals surface area contributed by atoms with Gasteiger partial charge in [0, 0.05) is 25.9 Å². The third kappa shape index (κ3) is 5.57. The Morgan fingerprint density at radius 3 is 2.50 bits per heavy atom. The van der Waals surface area contributed by atoms with Gasteiger partial charge in [0.05, 0.1) is 7.11 Å². The summed E-state index contributed by atoms with van der Waals surface area (Å²) in [5, 5.41) is 0. The Morgan fingerprint density at radius 1 is 1.31 bits per heavy atom. The smallest absolute Gasteiger partial charge is 0.410 e. The molecule has 1 amide bonds. The molecule has 1 aliphatic rings. The van der Waals surface area contributed by atoms with Crippen LogP contribution in [-0.2, 0) is 28.6 Å². The molecule has 0 bridgehead atoms. The van der Waals surface area contributed by atoms with Gasteiger partial charge in [-0.2, -0.15) is 0 Å². The van der Waals surface area contributed by atoms with Crippen molar-refractivity contribution in [3.8, 4) is 0 Å². The van der Waals surface area contributed by atoms with Gasteiger partial charge in [-0.05, 0) is 27.2 Å². The first-order chi connectivity index (χ1) is 12.1. The quantitative estimate of drug-likeness (QED) is 0.305. The van der Waals surface area contributed by atoms with Crippen molar-refractivity contribution in [3.05, 3.63) is 12.7 Å². The Morgan fingerprint density at radius 2 is 1.96 bits per heavy atom. The Bertz CT molecular complexity index is 579. The van der Waals surface area contributed by atoms with Crippen molar-refractivity contribution in [1.29, 1.82) is 0 Å². The minimum Gasteiger partial charge on any atom is -0.469 e. The molecule has 1 unspecified atom stereocenters. The monoisotopic (exact) mass is 369 g/mol. The molecule has 1 aliphatic heterocycles. The fourth-order valence-electron chi connectivity index (χ4n) is 2.64. The van der Waals surface area contributed by atoms with Crippen LogP contribution < -0.4 is 0 Å². The van der Waals surface area contributed by atoms with Crippen LogP contribution in [0.1, 0.15) is 40.0 Å². The number of carbonyl (C=O) groups excluding carboxylic acids is 4. The van der Waals surface area contributed by atoms with E-state index in [1.54, 1.807) is 20.8 Å². The largest absolute Gasteiger partial charge is 0.469 e. The van der Waals surface area contributed by atoms with Crippen LogP contribution in [0.25, 0.3) is 0 Å². The summed E-state index contributed by atoms with van der Waals surface area (Å²) in [4.78, 5) is 50.5. The SMILES string of the molecule is C=CCOC(=O)C1(CCC(=O)OC)CN(C(=O)OC(C)(C)C)CCC1=O. The number of esters is 2. The first kappa shape index (κ1) is 21.7. The van der Waals surface area contributed by atoms with Crippen molar-refractivity contribution in [2.45, 2.75) is 45.6 Å². The predicted molar refractivity (Wildman–Crippen MR) is 92.3 cm³/mol. The van der Waals surface area contributed by atoms with Gasteiger partial charge < -0.3 is 19.1 Å². The maximum absolute atomic E-state index is 12.6. The number of methoxy groups -OCH3 is 1. The number of nitrogens with zero attached hydrogens (tertiary/aromatic N) is 1. The van der Waals surface area contributed by atoms with E-state index >= 15 is 0 Å². The summed E-state index contributed by atoms with van der Waals surface area (Å²) in [7, 11) is 1.22. The zero-order valence-corrected chi connectivity index (χ0v) is 15.8. The van der Waals surface area contributed by atoms with E-state index in [-0.39, 0.29) is 44.7 Å². The summed E-state index contributed by atoms with van der Waals surface area (Å²) in [5.41, 5.74) is -2.33. The Hall–Kier alpha value is -2.38. The van der Waals surface area contributed by atoms with E-state index in [1.807, 2.05) is 0 Å². The van der Waals surface area contributed by atoms with Gasteiger partial charge in [-0.25, -0.2) is 4.79 Å². The molecular weight excluding hydrogens is 342 g/mol. The average molecular weight is 369 g/mol. The normalized spacial score (nSPS) is 20.3. The minimum atomic E-state index is -1.62. The summed E-state index contributed by atoms with van der Waals surface area (Å²) in [6, 6.07) is 0. The molecule has 1 saturated heterocycles. The van der Waals surface area contributed by atoms with Crippen molar-refractivity contribution in [2.24, 2.45) is 5.41 Å². The molecule has 1 heterocycles. The maximum Gasteiger partial charge on any atom is 0.410 e. The number of carbonyl (C=O) groups is 4. The first-order valence-corrected chi connectivity index (χ1v) is 8.42. The lowest BCUT2D eigenvalue weighted by Gasteiger charge is -2.39. The number of hydrogen-bond donors (Lipinski definition) is 0. The fourth-order valence-corrected chi connectivity index (χ4v) is 2.64. The second kappa shape index (κ2) is 8.82. The lowest BCUT2D eigenvalue weighted by molar-refractivity contribution is -0.164. The molecule has 8 heteroatoms. The molecular formula is C18H27NO7. The molecule has 0 aromatic heterocycles. The lowest BCUT2D eigenvalue weighted by Crippen LogP contribution is -2.56. The summed E-state index contributed by atoms with van der Waals surface area (Å²) in [6.45, 7) is 8.51. The highest BCUT2D eigenvalue weighted by atomic mass is 16.6. The molecule has 0 aromatic carbocycles. The van der Waals surface area contributed by atoms with Crippen LogP contribution in [0.2, 0.25) is 0 Å². The molecule has 0 aliphatic carbocycles. The third-order valence-electron chi connectivity index (χ3n) is 3.96. The fraction of sp³-hybridized carbons (Fsp3) is 0.667. The van der Waals surface area contributed by atoms with Gasteiger partial charge in [-0.15, -0.1) is 0 Å². The number of amides is 1. The van der Waals surface area contributed by atoms with Gasteiger partial charge in [0.25, 0.3) is 0 Å². The van der Waals surface area contributed by atoms with Crippen LogP contribution in [0.3, 0.4) is 0 Å². The number of Topliss-reactive ketones (excluding diaryl/α,β-unsaturated/α-hetero) is 1. The van der Waals surface area contributed by atoms with E-state index in [9.17, 15) is 19.2 Å². The molecule has 1 atom stereocenters. The molecule has 8 nitrogen and oxygen atoms in total. The van der Waals surface area contributed by atoms with E-state index in [0.717, 1.165) is 0 Å². The number of piperidine rings is 1.